The maximum Gasteiger partial charge on any atom is 0.259 e. The van der Waals surface area contributed by atoms with Crippen molar-refractivity contribution in [3.63, 3.8) is 0 Å². The molecule has 0 spiro atoms. The zero-order valence-electron chi connectivity index (χ0n) is 12.7. The second-order valence-corrected chi connectivity index (χ2v) is 6.66. The highest BCUT2D eigenvalue weighted by Gasteiger charge is 2.05. The van der Waals surface area contributed by atoms with Crippen molar-refractivity contribution in [2.75, 3.05) is 11.9 Å². The van der Waals surface area contributed by atoms with Crippen LogP contribution in [-0.2, 0) is 4.79 Å². The highest BCUT2D eigenvalue weighted by Crippen LogP contribution is 2.28. The van der Waals surface area contributed by atoms with Gasteiger partial charge in [-0.25, -0.2) is 5.43 Å². The fourth-order valence-electron chi connectivity index (χ4n) is 1.78. The van der Waals surface area contributed by atoms with Crippen LogP contribution in [0.5, 0.6) is 11.5 Å². The van der Waals surface area contributed by atoms with Crippen molar-refractivity contribution < 1.29 is 15.0 Å². The second-order valence-electron chi connectivity index (χ2n) is 4.95. The van der Waals surface area contributed by atoms with Gasteiger partial charge in [-0.3, -0.25) is 4.79 Å². The van der Waals surface area contributed by atoms with E-state index in [1.807, 2.05) is 19.1 Å². The van der Waals surface area contributed by atoms with Gasteiger partial charge in [0.15, 0.2) is 0 Å². The number of amides is 1. The molecule has 0 aliphatic carbocycles. The maximum atomic E-state index is 11.8. The van der Waals surface area contributed by atoms with Gasteiger partial charge < -0.3 is 15.5 Å². The number of halogens is 2. The number of aromatic hydroxyl groups is 2. The summed E-state index contributed by atoms with van der Waals surface area (Å²) in [6.07, 6.45) is 1.30. The summed E-state index contributed by atoms with van der Waals surface area (Å²) >= 11 is 6.90. The van der Waals surface area contributed by atoms with Crippen LogP contribution in [0.2, 0.25) is 0 Å². The molecule has 0 saturated carbocycles. The summed E-state index contributed by atoms with van der Waals surface area (Å²) in [6, 6.07) is 7.85. The van der Waals surface area contributed by atoms with Gasteiger partial charge in [0, 0.05) is 26.3 Å². The normalized spacial score (nSPS) is 10.8. The number of phenolic OH excluding ortho intramolecular Hbond substituents is 2. The lowest BCUT2D eigenvalue weighted by molar-refractivity contribution is -0.119. The molecule has 6 nitrogen and oxygen atoms in total. The van der Waals surface area contributed by atoms with Crippen LogP contribution in [-0.4, -0.2) is 28.9 Å². The van der Waals surface area contributed by atoms with Crippen molar-refractivity contribution in [3.8, 4) is 11.5 Å². The number of rotatable bonds is 5. The molecular formula is C16H15Br2N3O3. The Labute approximate surface area is 155 Å². The van der Waals surface area contributed by atoms with Crippen molar-refractivity contribution in [1.29, 1.82) is 0 Å². The molecule has 0 aliphatic rings. The number of hydrogen-bond donors (Lipinski definition) is 4. The predicted octanol–water partition coefficient (Wildman–Crippen LogP) is 3.49. The smallest absolute Gasteiger partial charge is 0.259 e. The van der Waals surface area contributed by atoms with Crippen LogP contribution < -0.4 is 10.7 Å². The number of anilines is 1. The molecule has 2 rings (SSSR count). The van der Waals surface area contributed by atoms with E-state index in [0.29, 0.717) is 5.56 Å². The SMILES string of the molecule is Cc1c(Br)cc(NCC(=O)NN=Cc2ccc(O)cc2O)cc1Br. The van der Waals surface area contributed by atoms with E-state index >= 15 is 0 Å². The number of nitrogens with zero attached hydrogens (tertiary/aromatic N) is 1. The Morgan fingerprint density at radius 1 is 1.21 bits per heavy atom. The predicted molar refractivity (Wildman–Crippen MR) is 101 cm³/mol. The average molecular weight is 457 g/mol. The van der Waals surface area contributed by atoms with Crippen LogP contribution in [0.1, 0.15) is 11.1 Å². The van der Waals surface area contributed by atoms with E-state index in [2.05, 4.69) is 47.7 Å². The molecule has 1 amide bonds. The topological polar surface area (TPSA) is 94.0 Å². The molecule has 8 heteroatoms. The Hall–Kier alpha value is -2.06. The molecule has 2 aromatic carbocycles. The summed E-state index contributed by atoms with van der Waals surface area (Å²) in [5.74, 6) is -0.508. The van der Waals surface area contributed by atoms with E-state index in [9.17, 15) is 15.0 Å². The third-order valence-electron chi connectivity index (χ3n) is 3.14. The van der Waals surface area contributed by atoms with E-state index in [-0.39, 0.29) is 24.0 Å². The molecule has 0 atom stereocenters. The first-order valence-electron chi connectivity index (χ1n) is 6.90. The summed E-state index contributed by atoms with van der Waals surface area (Å²) in [5, 5.41) is 25.6. The van der Waals surface area contributed by atoms with Gasteiger partial charge in [0.2, 0.25) is 0 Å². The highest BCUT2D eigenvalue weighted by molar-refractivity contribution is 9.11. The molecule has 0 radical (unpaired) electrons. The molecule has 4 N–H and O–H groups in total. The van der Waals surface area contributed by atoms with Crippen molar-refractivity contribution in [2.45, 2.75) is 6.92 Å². The fraction of sp³-hybridized carbons (Fsp3) is 0.125. The third-order valence-corrected chi connectivity index (χ3v) is 4.79. The molecule has 24 heavy (non-hydrogen) atoms. The Kier molecular flexibility index (Phi) is 6.22. The second kappa shape index (κ2) is 8.16. The van der Waals surface area contributed by atoms with Gasteiger partial charge in [-0.05, 0) is 36.8 Å². The molecule has 0 aliphatic heterocycles. The lowest BCUT2D eigenvalue weighted by atomic mass is 10.2. The monoisotopic (exact) mass is 455 g/mol. The Morgan fingerprint density at radius 3 is 2.50 bits per heavy atom. The van der Waals surface area contributed by atoms with Gasteiger partial charge in [-0.2, -0.15) is 5.10 Å². The Morgan fingerprint density at radius 2 is 1.88 bits per heavy atom. The number of hydrogen-bond acceptors (Lipinski definition) is 5. The number of nitrogens with one attached hydrogen (secondary N) is 2. The van der Waals surface area contributed by atoms with Crippen LogP contribution in [0, 0.1) is 6.92 Å². The minimum atomic E-state index is -0.336. The van der Waals surface area contributed by atoms with Gasteiger partial charge in [-0.1, -0.05) is 31.9 Å². The number of carbonyl (C=O) groups is 1. The minimum Gasteiger partial charge on any atom is -0.508 e. The number of benzene rings is 2. The van der Waals surface area contributed by atoms with Gasteiger partial charge in [0.1, 0.15) is 11.5 Å². The third kappa shape index (κ3) is 4.97. The molecule has 126 valence electrons. The molecule has 0 heterocycles. The molecule has 0 saturated heterocycles. The van der Waals surface area contributed by atoms with E-state index < -0.39 is 0 Å². The highest BCUT2D eigenvalue weighted by atomic mass is 79.9. The summed E-state index contributed by atoms with van der Waals surface area (Å²) in [5.41, 5.74) is 4.60. The van der Waals surface area contributed by atoms with Gasteiger partial charge in [0.05, 0.1) is 12.8 Å². The molecule has 0 unspecified atom stereocenters. The number of carbonyl (C=O) groups excluding carboxylic acids is 1. The average Bonchev–Trinajstić information content (AvgIpc) is 2.52. The van der Waals surface area contributed by atoms with Crippen molar-refractivity contribution >= 4 is 49.7 Å². The summed E-state index contributed by atoms with van der Waals surface area (Å²) in [7, 11) is 0. The number of phenols is 2. The molecular weight excluding hydrogens is 442 g/mol. The molecule has 2 aromatic rings. The van der Waals surface area contributed by atoms with E-state index in [4.69, 9.17) is 0 Å². The van der Waals surface area contributed by atoms with Gasteiger partial charge in [0.25, 0.3) is 5.91 Å². The van der Waals surface area contributed by atoms with Crippen LogP contribution in [0.15, 0.2) is 44.4 Å². The Bertz CT molecular complexity index is 771. The van der Waals surface area contributed by atoms with Crippen molar-refractivity contribution in [1.82, 2.24) is 5.43 Å². The Balaban J connectivity index is 1.88. The van der Waals surface area contributed by atoms with Crippen LogP contribution in [0.25, 0.3) is 0 Å². The summed E-state index contributed by atoms with van der Waals surface area (Å²) in [4.78, 5) is 11.8. The molecule has 0 fully saturated rings. The fourth-order valence-corrected chi connectivity index (χ4v) is 2.97. The first-order valence-corrected chi connectivity index (χ1v) is 8.49. The zero-order valence-corrected chi connectivity index (χ0v) is 15.8. The standard InChI is InChI=1S/C16H15Br2N3O3/c1-9-13(17)4-11(5-14(9)18)19-8-16(24)21-20-7-10-2-3-12(22)6-15(10)23/h2-7,19,22-23H,8H2,1H3,(H,21,24). The first kappa shape index (κ1) is 18.3. The minimum absolute atomic E-state index is 0.0425. The lowest BCUT2D eigenvalue weighted by Crippen LogP contribution is -2.25. The maximum absolute atomic E-state index is 11.8. The zero-order chi connectivity index (χ0) is 17.7. The largest absolute Gasteiger partial charge is 0.508 e. The van der Waals surface area contributed by atoms with Crippen molar-refractivity contribution in [3.05, 3.63) is 50.4 Å². The van der Waals surface area contributed by atoms with Gasteiger partial charge in [-0.15, -0.1) is 0 Å². The summed E-state index contributed by atoms with van der Waals surface area (Å²) in [6.45, 7) is 2.01. The van der Waals surface area contributed by atoms with Crippen molar-refractivity contribution in [2.24, 2.45) is 5.10 Å². The van der Waals surface area contributed by atoms with E-state index in [1.54, 1.807) is 0 Å². The van der Waals surface area contributed by atoms with E-state index in [0.717, 1.165) is 20.2 Å². The molecule has 0 bridgehead atoms. The van der Waals surface area contributed by atoms with Crippen LogP contribution in [0.4, 0.5) is 5.69 Å². The quantitative estimate of drug-likeness (QED) is 0.409. The molecule has 0 aromatic heterocycles. The lowest BCUT2D eigenvalue weighted by Gasteiger charge is -2.09. The van der Waals surface area contributed by atoms with E-state index in [1.165, 1.54) is 24.4 Å². The summed E-state index contributed by atoms with van der Waals surface area (Å²) < 4.78 is 1.86. The number of hydrazone groups is 1. The first-order chi connectivity index (χ1) is 11.4. The van der Waals surface area contributed by atoms with Crippen LogP contribution >= 0.6 is 31.9 Å². The van der Waals surface area contributed by atoms with Gasteiger partial charge >= 0.3 is 0 Å². The van der Waals surface area contributed by atoms with Crippen LogP contribution in [0.3, 0.4) is 0 Å².